The molecule has 2 atom stereocenters. The molecular weight excluding hydrogens is 378 g/mol. The Kier molecular flexibility index (Phi) is 6.21. The van der Waals surface area contributed by atoms with Crippen molar-refractivity contribution in [3.05, 3.63) is 64.9 Å². The Morgan fingerprint density at radius 3 is 2.46 bits per heavy atom. The highest BCUT2D eigenvalue weighted by Crippen LogP contribution is 2.37. The summed E-state index contributed by atoms with van der Waals surface area (Å²) in [6, 6.07) is 10.9. The predicted molar refractivity (Wildman–Crippen MR) is 106 cm³/mol. The average molecular weight is 400 g/mol. The molecule has 0 saturated carbocycles. The van der Waals surface area contributed by atoms with Crippen molar-refractivity contribution in [2.75, 3.05) is 27.2 Å². The fourth-order valence-corrected chi connectivity index (χ4v) is 3.59. The molecule has 146 valence electrons. The van der Waals surface area contributed by atoms with Gasteiger partial charge in [-0.2, -0.15) is 0 Å². The van der Waals surface area contributed by atoms with Crippen molar-refractivity contribution in [3.8, 4) is 0 Å². The molecule has 1 aliphatic heterocycles. The zero-order valence-electron chi connectivity index (χ0n) is 15.8. The SMILES string of the molecule is CN(C)CCCN1C(=O)C(=O)C(C(=O)c2ccc(Cl)cc2)C1c1ccccn1. The number of rotatable bonds is 7. The molecule has 7 heteroatoms. The number of aromatic nitrogens is 1. The maximum absolute atomic E-state index is 13.1. The van der Waals surface area contributed by atoms with Crippen molar-refractivity contribution in [3.63, 3.8) is 0 Å². The lowest BCUT2D eigenvalue weighted by molar-refractivity contribution is -0.140. The third-order valence-electron chi connectivity index (χ3n) is 4.81. The minimum absolute atomic E-state index is 0.353. The number of carbonyl (C=O) groups is 3. The van der Waals surface area contributed by atoms with Crippen LogP contribution in [0.4, 0.5) is 0 Å². The molecule has 6 nitrogen and oxygen atoms in total. The summed E-state index contributed by atoms with van der Waals surface area (Å²) < 4.78 is 0. The highest BCUT2D eigenvalue weighted by atomic mass is 35.5. The van der Waals surface area contributed by atoms with Gasteiger partial charge in [0.05, 0.1) is 11.7 Å². The number of pyridine rings is 1. The van der Waals surface area contributed by atoms with Crippen LogP contribution in [0.5, 0.6) is 0 Å². The van der Waals surface area contributed by atoms with Crippen LogP contribution in [-0.2, 0) is 9.59 Å². The smallest absolute Gasteiger partial charge is 0.291 e. The zero-order valence-corrected chi connectivity index (χ0v) is 16.6. The van der Waals surface area contributed by atoms with Gasteiger partial charge >= 0.3 is 0 Å². The van der Waals surface area contributed by atoms with Crippen LogP contribution in [0.25, 0.3) is 0 Å². The number of halogens is 1. The second-order valence-corrected chi connectivity index (χ2v) is 7.50. The van der Waals surface area contributed by atoms with E-state index in [2.05, 4.69) is 4.98 Å². The summed E-state index contributed by atoms with van der Waals surface area (Å²) >= 11 is 5.90. The number of hydrogen-bond acceptors (Lipinski definition) is 5. The molecule has 2 unspecified atom stereocenters. The molecule has 0 N–H and O–H groups in total. The number of ketones is 2. The molecular formula is C21H22ClN3O3. The molecule has 3 rings (SSSR count). The third-order valence-corrected chi connectivity index (χ3v) is 5.06. The van der Waals surface area contributed by atoms with Gasteiger partial charge in [-0.15, -0.1) is 0 Å². The monoisotopic (exact) mass is 399 g/mol. The number of benzene rings is 1. The Bertz CT molecular complexity index is 868. The summed E-state index contributed by atoms with van der Waals surface area (Å²) in [4.78, 5) is 46.5. The number of likely N-dealkylation sites (tertiary alicyclic amines) is 1. The fraction of sp³-hybridized carbons (Fsp3) is 0.333. The maximum Gasteiger partial charge on any atom is 0.291 e. The van der Waals surface area contributed by atoms with Gasteiger partial charge in [-0.1, -0.05) is 17.7 Å². The van der Waals surface area contributed by atoms with E-state index in [9.17, 15) is 14.4 Å². The molecule has 2 heterocycles. The summed E-state index contributed by atoms with van der Waals surface area (Å²) in [5.74, 6) is -2.80. The minimum atomic E-state index is -1.11. The lowest BCUT2D eigenvalue weighted by Gasteiger charge is -2.26. The fourth-order valence-electron chi connectivity index (χ4n) is 3.46. The van der Waals surface area contributed by atoms with Crippen molar-refractivity contribution < 1.29 is 14.4 Å². The molecule has 1 fully saturated rings. The Labute approximate surface area is 169 Å². The van der Waals surface area contributed by atoms with Gasteiger partial charge in [-0.05, 0) is 63.5 Å². The molecule has 0 spiro atoms. The molecule has 1 saturated heterocycles. The average Bonchev–Trinajstić information content (AvgIpc) is 2.93. The van der Waals surface area contributed by atoms with Gasteiger partial charge in [0.15, 0.2) is 5.78 Å². The van der Waals surface area contributed by atoms with E-state index in [1.165, 1.54) is 4.90 Å². The van der Waals surface area contributed by atoms with Crippen molar-refractivity contribution in [2.24, 2.45) is 5.92 Å². The first kappa shape index (κ1) is 20.2. The van der Waals surface area contributed by atoms with E-state index >= 15 is 0 Å². The topological polar surface area (TPSA) is 70.6 Å². The molecule has 0 bridgehead atoms. The lowest BCUT2D eigenvalue weighted by Crippen LogP contribution is -2.33. The van der Waals surface area contributed by atoms with Gasteiger partial charge in [-0.3, -0.25) is 19.4 Å². The van der Waals surface area contributed by atoms with E-state index in [4.69, 9.17) is 11.6 Å². The lowest BCUT2D eigenvalue weighted by atomic mass is 9.88. The van der Waals surface area contributed by atoms with E-state index in [1.54, 1.807) is 48.7 Å². The van der Waals surface area contributed by atoms with Crippen LogP contribution in [0.15, 0.2) is 48.7 Å². The van der Waals surface area contributed by atoms with Gasteiger partial charge in [0, 0.05) is 23.3 Å². The summed E-state index contributed by atoms with van der Waals surface area (Å²) in [6.07, 6.45) is 2.29. The highest BCUT2D eigenvalue weighted by molar-refractivity contribution is 6.44. The molecule has 2 aromatic rings. The Morgan fingerprint density at radius 1 is 1.14 bits per heavy atom. The van der Waals surface area contributed by atoms with Crippen LogP contribution < -0.4 is 0 Å². The van der Waals surface area contributed by atoms with E-state index in [-0.39, 0.29) is 5.78 Å². The predicted octanol–water partition coefficient (Wildman–Crippen LogP) is 2.64. The van der Waals surface area contributed by atoms with Crippen LogP contribution in [-0.4, -0.2) is 59.4 Å². The molecule has 1 aromatic carbocycles. The van der Waals surface area contributed by atoms with E-state index in [0.717, 1.165) is 6.54 Å². The second kappa shape index (κ2) is 8.63. The second-order valence-electron chi connectivity index (χ2n) is 7.07. The molecule has 1 aliphatic rings. The van der Waals surface area contributed by atoms with Crippen LogP contribution in [0.3, 0.4) is 0 Å². The standard InChI is InChI=1S/C21H22ClN3O3/c1-24(2)12-5-13-25-18(16-6-3-4-11-23-16)17(20(27)21(25)28)19(26)14-7-9-15(22)10-8-14/h3-4,6-11,17-18H,5,12-13H2,1-2H3. The molecule has 28 heavy (non-hydrogen) atoms. The van der Waals surface area contributed by atoms with E-state index < -0.39 is 23.7 Å². The number of nitrogens with zero attached hydrogens (tertiary/aromatic N) is 3. The zero-order chi connectivity index (χ0) is 20.3. The third kappa shape index (κ3) is 4.13. The van der Waals surface area contributed by atoms with Crippen LogP contribution in [0.1, 0.15) is 28.5 Å². The van der Waals surface area contributed by atoms with Crippen molar-refractivity contribution in [1.82, 2.24) is 14.8 Å². The maximum atomic E-state index is 13.1. The van der Waals surface area contributed by atoms with Gasteiger partial charge in [0.25, 0.3) is 5.91 Å². The van der Waals surface area contributed by atoms with Crippen LogP contribution >= 0.6 is 11.6 Å². The highest BCUT2D eigenvalue weighted by Gasteiger charge is 2.51. The largest absolute Gasteiger partial charge is 0.326 e. The molecule has 0 aliphatic carbocycles. The van der Waals surface area contributed by atoms with E-state index in [1.807, 2.05) is 19.0 Å². The number of hydrogen-bond donors (Lipinski definition) is 0. The Balaban J connectivity index is 1.96. The molecule has 0 radical (unpaired) electrons. The summed E-state index contributed by atoms with van der Waals surface area (Å²) in [5.41, 5.74) is 0.894. The first-order valence-electron chi connectivity index (χ1n) is 9.10. The number of carbonyl (C=O) groups excluding carboxylic acids is 3. The quantitative estimate of drug-likeness (QED) is 0.406. The Hall–Kier alpha value is -2.57. The van der Waals surface area contributed by atoms with E-state index in [0.29, 0.717) is 29.2 Å². The van der Waals surface area contributed by atoms with Crippen molar-refractivity contribution in [1.29, 1.82) is 0 Å². The van der Waals surface area contributed by atoms with Gasteiger partial charge in [-0.25, -0.2) is 0 Å². The summed E-state index contributed by atoms with van der Waals surface area (Å²) in [5, 5.41) is 0.497. The minimum Gasteiger partial charge on any atom is -0.326 e. The summed E-state index contributed by atoms with van der Waals surface area (Å²) in [6.45, 7) is 1.15. The summed E-state index contributed by atoms with van der Waals surface area (Å²) in [7, 11) is 3.89. The van der Waals surface area contributed by atoms with Gasteiger partial charge in [0.2, 0.25) is 5.78 Å². The first-order valence-corrected chi connectivity index (χ1v) is 9.48. The number of Topliss-reactive ketones (excluding diaryl/α,β-unsaturated/α-hetero) is 2. The van der Waals surface area contributed by atoms with Crippen molar-refractivity contribution in [2.45, 2.75) is 12.5 Å². The van der Waals surface area contributed by atoms with Gasteiger partial charge < -0.3 is 9.80 Å². The van der Waals surface area contributed by atoms with Gasteiger partial charge in [0.1, 0.15) is 5.92 Å². The molecule has 1 aromatic heterocycles. The Morgan fingerprint density at radius 2 is 1.86 bits per heavy atom. The van der Waals surface area contributed by atoms with Crippen molar-refractivity contribution >= 4 is 29.1 Å². The molecule has 1 amide bonds. The van der Waals surface area contributed by atoms with Crippen LogP contribution in [0.2, 0.25) is 5.02 Å². The van der Waals surface area contributed by atoms with Crippen LogP contribution in [0, 0.1) is 5.92 Å². The first-order chi connectivity index (χ1) is 13.4. The number of amides is 1. The normalized spacial score (nSPS) is 19.5.